The lowest BCUT2D eigenvalue weighted by atomic mass is 9.98. The van der Waals surface area contributed by atoms with Crippen LogP contribution in [0.5, 0.6) is 0 Å². The second kappa shape index (κ2) is 3.05. The van der Waals surface area contributed by atoms with Crippen molar-refractivity contribution in [3.05, 3.63) is 12.3 Å². The molecule has 0 aromatic heterocycles. The van der Waals surface area contributed by atoms with Crippen molar-refractivity contribution in [2.75, 3.05) is 13.7 Å². The minimum absolute atomic E-state index is 0.0933. The predicted molar refractivity (Wildman–Crippen MR) is 40.1 cm³/mol. The fourth-order valence-electron chi connectivity index (χ4n) is 1.13. The highest BCUT2D eigenvalue weighted by Gasteiger charge is 2.30. The summed E-state index contributed by atoms with van der Waals surface area (Å²) in [6.07, 6.45) is 3.28. The first-order chi connectivity index (χ1) is 5.16. The average molecular weight is 156 g/mol. The molecule has 62 valence electrons. The van der Waals surface area contributed by atoms with Gasteiger partial charge in [0.1, 0.15) is 5.60 Å². The molecule has 0 aromatic rings. The highest BCUT2D eigenvalue weighted by atomic mass is 16.5. The van der Waals surface area contributed by atoms with Crippen molar-refractivity contribution >= 4 is 5.78 Å². The molecule has 3 nitrogen and oxygen atoms in total. The lowest BCUT2D eigenvalue weighted by molar-refractivity contribution is -0.124. The molecule has 0 fully saturated rings. The monoisotopic (exact) mass is 156 g/mol. The summed E-state index contributed by atoms with van der Waals surface area (Å²) in [6.45, 7) is 2.31. The fraction of sp³-hybridized carbons (Fsp3) is 0.625. The van der Waals surface area contributed by atoms with Gasteiger partial charge < -0.3 is 9.47 Å². The van der Waals surface area contributed by atoms with Gasteiger partial charge in [0.15, 0.2) is 5.78 Å². The molecule has 0 aromatic carbocycles. The number of hydrogen-bond acceptors (Lipinski definition) is 3. The highest BCUT2D eigenvalue weighted by molar-refractivity contribution is 5.90. The van der Waals surface area contributed by atoms with Crippen LogP contribution in [-0.2, 0) is 14.3 Å². The topological polar surface area (TPSA) is 35.5 Å². The summed E-state index contributed by atoms with van der Waals surface area (Å²) < 4.78 is 10.2. The summed E-state index contributed by atoms with van der Waals surface area (Å²) in [5, 5.41) is 0. The second-order valence-corrected chi connectivity index (χ2v) is 2.95. The number of carbonyl (C=O) groups is 1. The van der Waals surface area contributed by atoms with Crippen molar-refractivity contribution in [3.63, 3.8) is 0 Å². The van der Waals surface area contributed by atoms with Crippen LogP contribution in [0.15, 0.2) is 12.3 Å². The smallest absolute Gasteiger partial charge is 0.162 e. The summed E-state index contributed by atoms with van der Waals surface area (Å²) >= 11 is 0. The molecule has 0 aliphatic carbocycles. The van der Waals surface area contributed by atoms with Gasteiger partial charge >= 0.3 is 0 Å². The molecule has 0 saturated carbocycles. The zero-order chi connectivity index (χ0) is 8.32. The SMILES string of the molecule is COCC1(C)CC(=O)C=CO1. The molecule has 0 N–H and O–H groups in total. The van der Waals surface area contributed by atoms with Gasteiger partial charge in [-0.25, -0.2) is 0 Å². The van der Waals surface area contributed by atoms with E-state index in [0.717, 1.165) is 0 Å². The molecule has 0 amide bonds. The van der Waals surface area contributed by atoms with Crippen molar-refractivity contribution in [1.29, 1.82) is 0 Å². The first-order valence-corrected chi connectivity index (χ1v) is 3.52. The maximum atomic E-state index is 10.9. The number of ether oxygens (including phenoxy) is 2. The van der Waals surface area contributed by atoms with Gasteiger partial charge in [-0.2, -0.15) is 0 Å². The minimum atomic E-state index is -0.458. The number of allylic oxidation sites excluding steroid dienone is 1. The number of hydrogen-bond donors (Lipinski definition) is 0. The lowest BCUT2D eigenvalue weighted by Gasteiger charge is -2.29. The number of rotatable bonds is 2. The van der Waals surface area contributed by atoms with Crippen LogP contribution in [0.25, 0.3) is 0 Å². The Hall–Kier alpha value is -0.830. The Morgan fingerprint density at radius 2 is 2.55 bits per heavy atom. The van der Waals surface area contributed by atoms with Crippen molar-refractivity contribution in [2.24, 2.45) is 0 Å². The molecule has 1 aliphatic rings. The Morgan fingerprint density at radius 3 is 3.09 bits per heavy atom. The van der Waals surface area contributed by atoms with E-state index in [2.05, 4.69) is 0 Å². The fourth-order valence-corrected chi connectivity index (χ4v) is 1.13. The first-order valence-electron chi connectivity index (χ1n) is 3.52. The van der Waals surface area contributed by atoms with E-state index in [9.17, 15) is 4.79 Å². The largest absolute Gasteiger partial charge is 0.492 e. The third-order valence-electron chi connectivity index (χ3n) is 1.60. The lowest BCUT2D eigenvalue weighted by Crippen LogP contribution is -2.36. The van der Waals surface area contributed by atoms with Gasteiger partial charge in [-0.3, -0.25) is 4.79 Å². The summed E-state index contributed by atoms with van der Waals surface area (Å²) in [5.41, 5.74) is -0.458. The van der Waals surface area contributed by atoms with E-state index in [1.165, 1.54) is 12.3 Å². The van der Waals surface area contributed by atoms with E-state index in [1.807, 2.05) is 6.92 Å². The molecular weight excluding hydrogens is 144 g/mol. The van der Waals surface area contributed by atoms with Crippen molar-refractivity contribution in [1.82, 2.24) is 0 Å². The van der Waals surface area contributed by atoms with E-state index in [4.69, 9.17) is 9.47 Å². The van der Waals surface area contributed by atoms with Crippen LogP contribution in [-0.4, -0.2) is 25.1 Å². The Morgan fingerprint density at radius 1 is 1.82 bits per heavy atom. The molecule has 0 bridgehead atoms. The van der Waals surface area contributed by atoms with Crippen LogP contribution in [0.3, 0.4) is 0 Å². The summed E-state index contributed by atoms with van der Waals surface area (Å²) in [6, 6.07) is 0. The molecule has 11 heavy (non-hydrogen) atoms. The first kappa shape index (κ1) is 8.27. The van der Waals surface area contributed by atoms with Gasteiger partial charge in [0.25, 0.3) is 0 Å². The van der Waals surface area contributed by atoms with Crippen molar-refractivity contribution < 1.29 is 14.3 Å². The number of ketones is 1. The standard InChI is InChI=1S/C8H12O3/c1-8(6-10-2)5-7(9)3-4-11-8/h3-4H,5-6H2,1-2H3. The average Bonchev–Trinajstić information content (AvgIpc) is 1.86. The van der Waals surface area contributed by atoms with E-state index in [-0.39, 0.29) is 5.78 Å². The molecule has 1 aliphatic heterocycles. The number of methoxy groups -OCH3 is 1. The number of carbonyl (C=O) groups excluding carboxylic acids is 1. The summed E-state index contributed by atoms with van der Waals surface area (Å²) in [4.78, 5) is 10.9. The van der Waals surface area contributed by atoms with Gasteiger partial charge in [0.05, 0.1) is 19.3 Å². The summed E-state index contributed by atoms with van der Waals surface area (Å²) in [7, 11) is 1.59. The van der Waals surface area contributed by atoms with Crippen LogP contribution in [0.4, 0.5) is 0 Å². The Labute approximate surface area is 66.0 Å². The highest BCUT2D eigenvalue weighted by Crippen LogP contribution is 2.20. The molecular formula is C8H12O3. The normalized spacial score (nSPS) is 30.2. The third-order valence-corrected chi connectivity index (χ3v) is 1.60. The molecule has 1 atom stereocenters. The van der Waals surface area contributed by atoms with Gasteiger partial charge in [-0.15, -0.1) is 0 Å². The zero-order valence-corrected chi connectivity index (χ0v) is 6.79. The van der Waals surface area contributed by atoms with Crippen molar-refractivity contribution in [2.45, 2.75) is 18.9 Å². The maximum Gasteiger partial charge on any atom is 0.162 e. The van der Waals surface area contributed by atoms with Crippen LogP contribution in [0, 0.1) is 0 Å². The molecule has 0 spiro atoms. The Bertz CT molecular complexity index is 186. The predicted octanol–water partition coefficient (Wildman–Crippen LogP) is 0.895. The molecule has 1 unspecified atom stereocenters. The van der Waals surface area contributed by atoms with Gasteiger partial charge in [0.2, 0.25) is 0 Å². The minimum Gasteiger partial charge on any atom is -0.492 e. The molecule has 3 heteroatoms. The molecule has 1 rings (SSSR count). The third kappa shape index (κ3) is 2.05. The van der Waals surface area contributed by atoms with E-state index < -0.39 is 5.60 Å². The molecule has 1 heterocycles. The van der Waals surface area contributed by atoms with Gasteiger partial charge in [-0.05, 0) is 6.92 Å². The zero-order valence-electron chi connectivity index (χ0n) is 6.79. The van der Waals surface area contributed by atoms with Crippen LogP contribution >= 0.6 is 0 Å². The maximum absolute atomic E-state index is 10.9. The Balaban J connectivity index is 2.59. The van der Waals surface area contributed by atoms with Crippen LogP contribution < -0.4 is 0 Å². The van der Waals surface area contributed by atoms with E-state index in [0.29, 0.717) is 13.0 Å². The quantitative estimate of drug-likeness (QED) is 0.595. The van der Waals surface area contributed by atoms with E-state index in [1.54, 1.807) is 7.11 Å². The van der Waals surface area contributed by atoms with Gasteiger partial charge in [-0.1, -0.05) is 0 Å². The van der Waals surface area contributed by atoms with E-state index >= 15 is 0 Å². The van der Waals surface area contributed by atoms with Crippen molar-refractivity contribution in [3.8, 4) is 0 Å². The second-order valence-electron chi connectivity index (χ2n) is 2.95. The molecule has 0 radical (unpaired) electrons. The van der Waals surface area contributed by atoms with Crippen LogP contribution in [0.1, 0.15) is 13.3 Å². The Kier molecular flexibility index (Phi) is 2.29. The van der Waals surface area contributed by atoms with Crippen LogP contribution in [0.2, 0.25) is 0 Å². The summed E-state index contributed by atoms with van der Waals surface area (Å²) in [5.74, 6) is 0.0933. The molecule has 0 saturated heterocycles. The van der Waals surface area contributed by atoms with Gasteiger partial charge in [0, 0.05) is 13.2 Å².